The number of hydrogen-bond acceptors (Lipinski definition) is 3. The molecule has 0 unspecified atom stereocenters. The van der Waals surface area contributed by atoms with Crippen molar-refractivity contribution in [2.45, 2.75) is 6.92 Å². The average molecular weight is 233 g/mol. The van der Waals surface area contributed by atoms with Crippen molar-refractivity contribution in [3.8, 4) is 5.75 Å². The molecule has 1 aromatic carbocycles. The maximum Gasteiger partial charge on any atom is 0.250 e. The first-order valence-electron chi connectivity index (χ1n) is 5.17. The summed E-state index contributed by atoms with van der Waals surface area (Å²) in [6.07, 6.45) is 2.95. The fourth-order valence-electron chi connectivity index (χ4n) is 1.19. The van der Waals surface area contributed by atoms with Crippen molar-refractivity contribution in [3.05, 3.63) is 35.9 Å². The van der Waals surface area contributed by atoms with Crippen LogP contribution in [0, 0.1) is 5.41 Å². The second-order valence-electron chi connectivity index (χ2n) is 3.24. The Morgan fingerprint density at radius 2 is 2.12 bits per heavy atom. The molecule has 0 fully saturated rings. The number of nitrogens with two attached hydrogens (primary N) is 1. The summed E-state index contributed by atoms with van der Waals surface area (Å²) in [6.45, 7) is 2.54. The van der Waals surface area contributed by atoms with Crippen LogP contribution >= 0.6 is 0 Å². The Hall–Kier alpha value is -2.30. The van der Waals surface area contributed by atoms with Crippen LogP contribution in [0.25, 0.3) is 6.08 Å². The van der Waals surface area contributed by atoms with E-state index >= 15 is 0 Å². The van der Waals surface area contributed by atoms with E-state index in [9.17, 15) is 4.79 Å². The van der Waals surface area contributed by atoms with Gasteiger partial charge in [0.25, 0.3) is 5.91 Å². The normalized spacial score (nSPS) is 10.2. The minimum Gasteiger partial charge on any atom is -0.494 e. The lowest BCUT2D eigenvalue weighted by Gasteiger charge is -2.02. The summed E-state index contributed by atoms with van der Waals surface area (Å²) in [7, 11) is 0. The standard InChI is InChI=1S/C12H15N3O2/c1-2-17-10-6-3-9(4-7-10)5-8-11(16)15-12(13)14/h3-8H,2H2,1H3,(H4,13,14,15,16). The Morgan fingerprint density at radius 3 is 2.65 bits per heavy atom. The highest BCUT2D eigenvalue weighted by Gasteiger charge is 1.96. The topological polar surface area (TPSA) is 88.2 Å². The van der Waals surface area contributed by atoms with E-state index in [1.54, 1.807) is 6.08 Å². The molecule has 1 aromatic rings. The van der Waals surface area contributed by atoms with E-state index in [-0.39, 0.29) is 5.96 Å². The van der Waals surface area contributed by atoms with Crippen LogP contribution < -0.4 is 15.8 Å². The molecular weight excluding hydrogens is 218 g/mol. The van der Waals surface area contributed by atoms with Crippen LogP contribution in [-0.2, 0) is 4.79 Å². The van der Waals surface area contributed by atoms with Crippen LogP contribution in [0.5, 0.6) is 5.75 Å². The zero-order valence-corrected chi connectivity index (χ0v) is 9.57. The van der Waals surface area contributed by atoms with E-state index in [0.29, 0.717) is 6.61 Å². The number of ether oxygens (including phenoxy) is 1. The molecule has 0 spiro atoms. The quantitative estimate of drug-likeness (QED) is 0.413. The molecule has 0 aliphatic carbocycles. The van der Waals surface area contributed by atoms with Crippen LogP contribution in [-0.4, -0.2) is 18.5 Å². The second-order valence-corrected chi connectivity index (χ2v) is 3.24. The molecule has 0 aliphatic heterocycles. The van der Waals surface area contributed by atoms with E-state index in [2.05, 4.69) is 5.32 Å². The highest BCUT2D eigenvalue weighted by atomic mass is 16.5. The SMILES string of the molecule is CCOc1ccc(C=CC(=O)NC(=N)N)cc1. The molecule has 4 N–H and O–H groups in total. The number of rotatable bonds is 4. The predicted molar refractivity (Wildman–Crippen MR) is 66.7 cm³/mol. The molecule has 5 heteroatoms. The number of amides is 1. The Labute approximate surface area is 99.8 Å². The van der Waals surface area contributed by atoms with Crippen molar-refractivity contribution < 1.29 is 9.53 Å². The van der Waals surface area contributed by atoms with Gasteiger partial charge in [0.1, 0.15) is 5.75 Å². The number of hydrogen-bond donors (Lipinski definition) is 3. The number of nitrogens with one attached hydrogen (secondary N) is 2. The highest BCUT2D eigenvalue weighted by molar-refractivity contribution is 6.02. The molecule has 0 aliphatic rings. The fourth-order valence-corrected chi connectivity index (χ4v) is 1.19. The summed E-state index contributed by atoms with van der Waals surface area (Å²) >= 11 is 0. The van der Waals surface area contributed by atoms with E-state index < -0.39 is 5.91 Å². The molecule has 90 valence electrons. The molecule has 1 amide bonds. The smallest absolute Gasteiger partial charge is 0.250 e. The van der Waals surface area contributed by atoms with Gasteiger partial charge in [0.2, 0.25) is 0 Å². The van der Waals surface area contributed by atoms with E-state index in [1.165, 1.54) is 6.08 Å². The van der Waals surface area contributed by atoms with Crippen molar-refractivity contribution in [1.29, 1.82) is 5.41 Å². The minimum atomic E-state index is -0.425. The van der Waals surface area contributed by atoms with Crippen molar-refractivity contribution in [2.24, 2.45) is 5.73 Å². The third-order valence-electron chi connectivity index (χ3n) is 1.88. The first-order valence-corrected chi connectivity index (χ1v) is 5.17. The van der Waals surface area contributed by atoms with E-state index in [1.807, 2.05) is 31.2 Å². The predicted octanol–water partition coefficient (Wildman–Crippen LogP) is 1.11. The monoisotopic (exact) mass is 233 g/mol. The maximum atomic E-state index is 11.2. The molecule has 1 rings (SSSR count). The summed E-state index contributed by atoms with van der Waals surface area (Å²) in [5.74, 6) is -0.00411. The lowest BCUT2D eigenvalue weighted by Crippen LogP contribution is -2.34. The van der Waals surface area contributed by atoms with Gasteiger partial charge < -0.3 is 10.5 Å². The molecule has 17 heavy (non-hydrogen) atoms. The summed E-state index contributed by atoms with van der Waals surface area (Å²) < 4.78 is 5.29. The largest absolute Gasteiger partial charge is 0.494 e. The third-order valence-corrected chi connectivity index (χ3v) is 1.88. The number of carbonyl (C=O) groups is 1. The Morgan fingerprint density at radius 1 is 1.47 bits per heavy atom. The van der Waals surface area contributed by atoms with Crippen LogP contribution in [0.3, 0.4) is 0 Å². The highest BCUT2D eigenvalue weighted by Crippen LogP contribution is 2.12. The molecule has 5 nitrogen and oxygen atoms in total. The molecule has 0 atom stereocenters. The van der Waals surface area contributed by atoms with Crippen LogP contribution in [0.4, 0.5) is 0 Å². The van der Waals surface area contributed by atoms with Gasteiger partial charge in [-0.15, -0.1) is 0 Å². The van der Waals surface area contributed by atoms with Gasteiger partial charge >= 0.3 is 0 Å². The second kappa shape index (κ2) is 6.32. The van der Waals surface area contributed by atoms with Gasteiger partial charge in [-0.05, 0) is 30.7 Å². The number of guanidine groups is 1. The number of carbonyl (C=O) groups excluding carboxylic acids is 1. The lowest BCUT2D eigenvalue weighted by molar-refractivity contribution is -0.115. The van der Waals surface area contributed by atoms with Crippen molar-refractivity contribution in [3.63, 3.8) is 0 Å². The zero-order valence-electron chi connectivity index (χ0n) is 9.57. The molecule has 0 aromatic heterocycles. The zero-order chi connectivity index (χ0) is 12.7. The Bertz CT molecular complexity index is 424. The Kier molecular flexibility index (Phi) is 4.75. The van der Waals surface area contributed by atoms with Crippen LogP contribution in [0.1, 0.15) is 12.5 Å². The van der Waals surface area contributed by atoms with Crippen molar-refractivity contribution in [2.75, 3.05) is 6.61 Å². The molecule has 0 heterocycles. The van der Waals surface area contributed by atoms with Crippen LogP contribution in [0.2, 0.25) is 0 Å². The van der Waals surface area contributed by atoms with Crippen molar-refractivity contribution >= 4 is 17.9 Å². The van der Waals surface area contributed by atoms with Gasteiger partial charge in [0.15, 0.2) is 5.96 Å². The van der Waals surface area contributed by atoms with Gasteiger partial charge in [-0.25, -0.2) is 0 Å². The first-order chi connectivity index (χ1) is 8.11. The third kappa shape index (κ3) is 4.83. The van der Waals surface area contributed by atoms with E-state index in [4.69, 9.17) is 15.9 Å². The first kappa shape index (κ1) is 12.8. The van der Waals surface area contributed by atoms with Gasteiger partial charge in [0, 0.05) is 6.08 Å². The lowest BCUT2D eigenvalue weighted by atomic mass is 10.2. The fraction of sp³-hybridized carbons (Fsp3) is 0.167. The van der Waals surface area contributed by atoms with Gasteiger partial charge in [0.05, 0.1) is 6.61 Å². The average Bonchev–Trinajstić information content (AvgIpc) is 2.28. The molecule has 0 bridgehead atoms. The number of benzene rings is 1. The maximum absolute atomic E-state index is 11.2. The molecule has 0 saturated heterocycles. The molecule has 0 radical (unpaired) electrons. The van der Waals surface area contributed by atoms with Gasteiger partial charge in [-0.3, -0.25) is 15.5 Å². The molecule has 0 saturated carbocycles. The van der Waals surface area contributed by atoms with Gasteiger partial charge in [-0.2, -0.15) is 0 Å². The Balaban J connectivity index is 2.59. The summed E-state index contributed by atoms with van der Waals surface area (Å²) in [6, 6.07) is 7.32. The van der Waals surface area contributed by atoms with Gasteiger partial charge in [-0.1, -0.05) is 12.1 Å². The summed E-state index contributed by atoms with van der Waals surface area (Å²) in [4.78, 5) is 11.2. The minimum absolute atomic E-state index is 0.369. The van der Waals surface area contributed by atoms with Crippen LogP contribution in [0.15, 0.2) is 30.3 Å². The summed E-state index contributed by atoms with van der Waals surface area (Å²) in [5.41, 5.74) is 5.88. The molecular formula is C12H15N3O2. The van der Waals surface area contributed by atoms with Crippen molar-refractivity contribution in [1.82, 2.24) is 5.32 Å². The summed E-state index contributed by atoms with van der Waals surface area (Å²) in [5, 5.41) is 9.03. The van der Waals surface area contributed by atoms with E-state index in [0.717, 1.165) is 11.3 Å².